The highest BCUT2D eigenvalue weighted by molar-refractivity contribution is 5.78. The second-order valence-corrected chi connectivity index (χ2v) is 5.43. The molecule has 3 N–H and O–H groups in total. The number of rotatable bonds is 5. The number of hydrogen-bond acceptors (Lipinski definition) is 2. The molecule has 1 aliphatic carbocycles. The zero-order chi connectivity index (χ0) is 12.0. The Labute approximate surface area is 99.2 Å². The molecule has 0 aromatic rings. The van der Waals surface area contributed by atoms with Crippen molar-refractivity contribution in [1.82, 2.24) is 5.32 Å². The highest BCUT2D eigenvalue weighted by Gasteiger charge is 2.27. The van der Waals surface area contributed by atoms with E-state index in [-0.39, 0.29) is 11.8 Å². The number of carbonyl (C=O) groups excluding carboxylic acids is 1. The molecule has 3 nitrogen and oxygen atoms in total. The van der Waals surface area contributed by atoms with Crippen LogP contribution >= 0.6 is 0 Å². The van der Waals surface area contributed by atoms with E-state index in [1.54, 1.807) is 0 Å². The molecule has 1 fully saturated rings. The lowest BCUT2D eigenvalue weighted by Crippen LogP contribution is -2.41. The minimum atomic E-state index is -0.00723. The van der Waals surface area contributed by atoms with E-state index in [1.807, 2.05) is 6.92 Å². The van der Waals surface area contributed by atoms with Crippen LogP contribution in [0.25, 0.3) is 0 Å². The van der Waals surface area contributed by atoms with Gasteiger partial charge in [-0.15, -0.1) is 0 Å². The molecule has 0 aliphatic heterocycles. The number of amides is 1. The van der Waals surface area contributed by atoms with Crippen molar-refractivity contribution in [2.45, 2.75) is 52.4 Å². The zero-order valence-electron chi connectivity index (χ0n) is 10.7. The van der Waals surface area contributed by atoms with Gasteiger partial charge in [0.2, 0.25) is 5.91 Å². The van der Waals surface area contributed by atoms with E-state index in [4.69, 9.17) is 5.73 Å². The highest BCUT2D eigenvalue weighted by Crippen LogP contribution is 2.34. The molecule has 1 unspecified atom stereocenters. The number of nitrogens with two attached hydrogens (primary N) is 1. The summed E-state index contributed by atoms with van der Waals surface area (Å²) < 4.78 is 0. The SMILES string of the molecule is CCC(CN)C(=O)NCC1(C)CCCCC1. The van der Waals surface area contributed by atoms with Crippen LogP contribution in [0.3, 0.4) is 0 Å². The number of carbonyl (C=O) groups is 1. The maximum absolute atomic E-state index is 11.8. The highest BCUT2D eigenvalue weighted by atomic mass is 16.1. The summed E-state index contributed by atoms with van der Waals surface area (Å²) in [4.78, 5) is 11.8. The molecule has 0 spiro atoms. The van der Waals surface area contributed by atoms with Crippen molar-refractivity contribution >= 4 is 5.91 Å². The molecule has 0 radical (unpaired) electrons. The van der Waals surface area contributed by atoms with Gasteiger partial charge in [-0.3, -0.25) is 4.79 Å². The largest absolute Gasteiger partial charge is 0.355 e. The third-order valence-electron chi connectivity index (χ3n) is 3.90. The maximum Gasteiger partial charge on any atom is 0.224 e. The normalized spacial score (nSPS) is 21.4. The second-order valence-electron chi connectivity index (χ2n) is 5.43. The van der Waals surface area contributed by atoms with Crippen LogP contribution in [0.4, 0.5) is 0 Å². The van der Waals surface area contributed by atoms with E-state index in [9.17, 15) is 4.79 Å². The molecule has 1 saturated carbocycles. The fourth-order valence-electron chi connectivity index (χ4n) is 2.49. The van der Waals surface area contributed by atoms with Crippen LogP contribution in [-0.4, -0.2) is 19.0 Å². The van der Waals surface area contributed by atoms with Gasteiger partial charge in [0.1, 0.15) is 0 Å². The Kier molecular flexibility index (Phi) is 5.26. The summed E-state index contributed by atoms with van der Waals surface area (Å²) in [5.74, 6) is 0.129. The minimum absolute atomic E-state index is 0.00723. The average Bonchev–Trinajstić information content (AvgIpc) is 2.29. The Morgan fingerprint density at radius 1 is 1.38 bits per heavy atom. The molecule has 0 aromatic heterocycles. The molecule has 0 heterocycles. The van der Waals surface area contributed by atoms with E-state index >= 15 is 0 Å². The van der Waals surface area contributed by atoms with Crippen LogP contribution in [0, 0.1) is 11.3 Å². The Balaban J connectivity index is 2.35. The monoisotopic (exact) mass is 226 g/mol. The first kappa shape index (κ1) is 13.5. The van der Waals surface area contributed by atoms with Crippen molar-refractivity contribution < 1.29 is 4.79 Å². The first-order chi connectivity index (χ1) is 7.61. The molecule has 1 rings (SSSR count). The lowest BCUT2D eigenvalue weighted by molar-refractivity contribution is -0.125. The summed E-state index contributed by atoms with van der Waals surface area (Å²) >= 11 is 0. The number of nitrogens with one attached hydrogen (secondary N) is 1. The molecule has 0 aromatic carbocycles. The van der Waals surface area contributed by atoms with Crippen LogP contribution in [0.15, 0.2) is 0 Å². The first-order valence-corrected chi connectivity index (χ1v) is 6.59. The predicted octanol–water partition coefficient (Wildman–Crippen LogP) is 2.06. The minimum Gasteiger partial charge on any atom is -0.355 e. The molecular weight excluding hydrogens is 200 g/mol. The van der Waals surface area contributed by atoms with Crippen molar-refractivity contribution in [3.05, 3.63) is 0 Å². The molecule has 1 atom stereocenters. The standard InChI is InChI=1S/C13H26N2O/c1-3-11(9-14)12(16)15-10-13(2)7-5-4-6-8-13/h11H,3-10,14H2,1-2H3,(H,15,16). The van der Waals surface area contributed by atoms with Crippen molar-refractivity contribution in [2.24, 2.45) is 17.1 Å². The lowest BCUT2D eigenvalue weighted by Gasteiger charge is -2.34. The van der Waals surface area contributed by atoms with Gasteiger partial charge in [0.15, 0.2) is 0 Å². The molecule has 1 aliphatic rings. The van der Waals surface area contributed by atoms with E-state index in [2.05, 4.69) is 12.2 Å². The third-order valence-corrected chi connectivity index (χ3v) is 3.90. The van der Waals surface area contributed by atoms with E-state index in [0.29, 0.717) is 12.0 Å². The summed E-state index contributed by atoms with van der Waals surface area (Å²) in [6, 6.07) is 0. The maximum atomic E-state index is 11.8. The van der Waals surface area contributed by atoms with Gasteiger partial charge in [-0.1, -0.05) is 33.1 Å². The van der Waals surface area contributed by atoms with Crippen molar-refractivity contribution in [3.8, 4) is 0 Å². The fourth-order valence-corrected chi connectivity index (χ4v) is 2.49. The molecule has 0 saturated heterocycles. The van der Waals surface area contributed by atoms with E-state index in [1.165, 1.54) is 32.1 Å². The third kappa shape index (κ3) is 3.78. The first-order valence-electron chi connectivity index (χ1n) is 6.59. The molecule has 1 amide bonds. The molecule has 94 valence electrons. The Morgan fingerprint density at radius 3 is 2.50 bits per heavy atom. The summed E-state index contributed by atoms with van der Waals surface area (Å²) in [5.41, 5.74) is 5.89. The second kappa shape index (κ2) is 6.24. The summed E-state index contributed by atoms with van der Waals surface area (Å²) in [7, 11) is 0. The summed E-state index contributed by atoms with van der Waals surface area (Å²) in [6.07, 6.45) is 7.28. The van der Waals surface area contributed by atoms with Crippen LogP contribution < -0.4 is 11.1 Å². The summed E-state index contributed by atoms with van der Waals surface area (Å²) in [5, 5.41) is 3.08. The average molecular weight is 226 g/mol. The smallest absolute Gasteiger partial charge is 0.224 e. The van der Waals surface area contributed by atoms with E-state index < -0.39 is 0 Å². The van der Waals surface area contributed by atoms with Gasteiger partial charge >= 0.3 is 0 Å². The van der Waals surface area contributed by atoms with Gasteiger partial charge < -0.3 is 11.1 Å². The molecule has 3 heteroatoms. The van der Waals surface area contributed by atoms with Crippen LogP contribution in [0.1, 0.15) is 52.4 Å². The van der Waals surface area contributed by atoms with Crippen LogP contribution in [0.5, 0.6) is 0 Å². The Morgan fingerprint density at radius 2 is 2.00 bits per heavy atom. The van der Waals surface area contributed by atoms with Crippen LogP contribution in [-0.2, 0) is 4.79 Å². The van der Waals surface area contributed by atoms with Crippen molar-refractivity contribution in [1.29, 1.82) is 0 Å². The van der Waals surface area contributed by atoms with Gasteiger partial charge in [0.05, 0.1) is 0 Å². The zero-order valence-corrected chi connectivity index (χ0v) is 10.7. The topological polar surface area (TPSA) is 55.1 Å². The van der Waals surface area contributed by atoms with Gasteiger partial charge in [-0.2, -0.15) is 0 Å². The van der Waals surface area contributed by atoms with Gasteiger partial charge in [0.25, 0.3) is 0 Å². The fraction of sp³-hybridized carbons (Fsp3) is 0.923. The van der Waals surface area contributed by atoms with Crippen molar-refractivity contribution in [3.63, 3.8) is 0 Å². The van der Waals surface area contributed by atoms with Gasteiger partial charge in [-0.25, -0.2) is 0 Å². The summed E-state index contributed by atoms with van der Waals surface area (Å²) in [6.45, 7) is 5.58. The lowest BCUT2D eigenvalue weighted by atomic mass is 9.75. The van der Waals surface area contributed by atoms with Gasteiger partial charge in [0, 0.05) is 19.0 Å². The van der Waals surface area contributed by atoms with E-state index in [0.717, 1.165) is 13.0 Å². The molecular formula is C13H26N2O. The molecule has 0 bridgehead atoms. The van der Waals surface area contributed by atoms with Crippen LogP contribution in [0.2, 0.25) is 0 Å². The Hall–Kier alpha value is -0.570. The Bertz CT molecular complexity index is 218. The van der Waals surface area contributed by atoms with Gasteiger partial charge in [-0.05, 0) is 24.7 Å². The van der Waals surface area contributed by atoms with Crippen molar-refractivity contribution in [2.75, 3.05) is 13.1 Å². The predicted molar refractivity (Wildman–Crippen MR) is 67.0 cm³/mol. The molecule has 16 heavy (non-hydrogen) atoms. The number of hydrogen-bond donors (Lipinski definition) is 2. The quantitative estimate of drug-likeness (QED) is 0.754.